The van der Waals surface area contributed by atoms with E-state index in [0.717, 1.165) is 43.6 Å². The molecule has 0 aromatic rings. The van der Waals surface area contributed by atoms with Gasteiger partial charge in [-0.25, -0.2) is 0 Å². The van der Waals surface area contributed by atoms with Crippen LogP contribution in [-0.4, -0.2) is 117 Å². The molecule has 0 saturated carbocycles. The molecule has 0 bridgehead atoms. The van der Waals surface area contributed by atoms with Gasteiger partial charge in [0.1, 0.15) is 0 Å². The Labute approximate surface area is 307 Å². The Bertz CT molecular complexity index is 790. The Morgan fingerprint density at radius 1 is 0.800 bits per heavy atom. The van der Waals surface area contributed by atoms with Crippen molar-refractivity contribution in [2.24, 2.45) is 11.7 Å². The number of carbonyl (C=O) groups excluding carboxylic acids is 1. The van der Waals surface area contributed by atoms with Gasteiger partial charge in [-0.3, -0.25) is 14.6 Å². The summed E-state index contributed by atoms with van der Waals surface area (Å²) < 4.78 is 0. The minimum atomic E-state index is -1.58. The van der Waals surface area contributed by atoms with Crippen LogP contribution in [0.25, 0.3) is 0 Å². The van der Waals surface area contributed by atoms with Crippen molar-refractivity contribution < 1.29 is 35.4 Å². The summed E-state index contributed by atoms with van der Waals surface area (Å²) in [7, 11) is 0. The van der Waals surface area contributed by atoms with Crippen LogP contribution < -0.4 is 11.1 Å². The van der Waals surface area contributed by atoms with Crippen LogP contribution in [-0.2, 0) is 4.79 Å². The second-order valence-corrected chi connectivity index (χ2v) is 12.7. The van der Waals surface area contributed by atoms with E-state index in [2.05, 4.69) is 39.6 Å². The molecule has 0 radical (unpaired) electrons. The third-order valence-corrected chi connectivity index (χ3v) is 7.76. The van der Waals surface area contributed by atoms with Crippen LogP contribution in [0, 0.1) is 5.92 Å². The van der Waals surface area contributed by atoms with E-state index >= 15 is 0 Å². The molecule has 0 saturated heterocycles. The number of hydrogen-bond donors (Lipinski definition) is 8. The minimum Gasteiger partial charge on any atom is -0.399 e. The molecule has 0 aromatic heterocycles. The number of carbonyl (C=O) groups is 1. The molecule has 9 N–H and O–H groups in total. The third kappa shape index (κ3) is 40.6. The van der Waals surface area contributed by atoms with Crippen molar-refractivity contribution in [3.8, 4) is 0 Å². The van der Waals surface area contributed by atoms with E-state index in [4.69, 9.17) is 15.9 Å². The van der Waals surface area contributed by atoms with Crippen molar-refractivity contribution in [2.45, 2.75) is 151 Å². The van der Waals surface area contributed by atoms with Gasteiger partial charge in [0.2, 0.25) is 5.91 Å². The Hall–Kier alpha value is -1.83. The van der Waals surface area contributed by atoms with E-state index in [1.807, 2.05) is 43.6 Å². The van der Waals surface area contributed by atoms with Crippen LogP contribution in [0.15, 0.2) is 36.1 Å². The molecule has 0 aliphatic carbocycles. The first-order chi connectivity index (χ1) is 23.8. The van der Waals surface area contributed by atoms with E-state index in [-0.39, 0.29) is 18.9 Å². The van der Waals surface area contributed by atoms with Crippen LogP contribution in [0.2, 0.25) is 0 Å². The Morgan fingerprint density at radius 2 is 1.40 bits per heavy atom. The molecule has 0 aliphatic heterocycles. The average Bonchev–Trinajstić information content (AvgIpc) is 3.07. The Kier molecular flexibility index (Phi) is 45.7. The van der Waals surface area contributed by atoms with Gasteiger partial charge < -0.3 is 41.7 Å². The van der Waals surface area contributed by atoms with Gasteiger partial charge in [0, 0.05) is 51.5 Å². The molecule has 300 valence electrons. The molecule has 11 heteroatoms. The van der Waals surface area contributed by atoms with Gasteiger partial charge in [0.05, 0.1) is 6.04 Å². The molecule has 1 amide bonds. The summed E-state index contributed by atoms with van der Waals surface area (Å²) in [5.41, 5.74) is 6.84. The summed E-state index contributed by atoms with van der Waals surface area (Å²) in [5.74, 6) is 0.777. The number of nitrogens with one attached hydrogen (secondary N) is 1. The topological polar surface area (TPSA) is 183 Å². The number of hydrogen-bond acceptors (Lipinski definition) is 10. The highest BCUT2D eigenvalue weighted by Crippen LogP contribution is 2.13. The highest BCUT2D eigenvalue weighted by molar-refractivity contribution is 5.76. The van der Waals surface area contributed by atoms with Gasteiger partial charge in [0.25, 0.3) is 0 Å². The monoisotopic (exact) mass is 719 g/mol. The molecule has 0 heterocycles. The predicted molar refractivity (Wildman–Crippen MR) is 210 cm³/mol. The normalized spacial score (nSPS) is 12.6. The number of allylic oxidation sites excluding steroid dienone is 2. The fourth-order valence-corrected chi connectivity index (χ4v) is 4.51. The zero-order chi connectivity index (χ0) is 39.2. The standard InChI is InChI=1S/C23H44N4O5.C9H20.C4H10O.C3H8O/c1-5-12-26(17-22(29)30)14-15-27(13-6-2)20(23(31)32)10-11-21(28)25-16-19(7-3)9-8-18(4)24;1-4-6-7-8-9(3)5-2;1-2-3-4-5;1-2-3-4/h7-9,20,22-23,29-32H,4-6,10-17,24H2,1-3H3,(H,25,28);9H,4-8H2,1-3H3;5H,2-4H2,1H3;4H,2-3H2,1H3/b9-8-,19-7+;;;/t;9-;;/m.1../s1. The van der Waals surface area contributed by atoms with E-state index in [9.17, 15) is 25.2 Å². The minimum absolute atomic E-state index is 0.141. The lowest BCUT2D eigenvalue weighted by Crippen LogP contribution is -2.48. The van der Waals surface area contributed by atoms with Gasteiger partial charge in [0.15, 0.2) is 12.6 Å². The number of amides is 1. The number of unbranched alkanes of at least 4 members (excludes halogenated alkanes) is 3. The Balaban J connectivity index is -0.000000476. The summed E-state index contributed by atoms with van der Waals surface area (Å²) >= 11 is 0. The van der Waals surface area contributed by atoms with Gasteiger partial charge in [-0.15, -0.1) is 0 Å². The number of aliphatic hydroxyl groups excluding tert-OH is 4. The fourth-order valence-electron chi connectivity index (χ4n) is 4.51. The van der Waals surface area contributed by atoms with E-state index in [0.29, 0.717) is 58.1 Å². The number of rotatable bonds is 26. The first-order valence-electron chi connectivity index (χ1n) is 19.2. The van der Waals surface area contributed by atoms with Crippen molar-refractivity contribution in [3.63, 3.8) is 0 Å². The molecule has 50 heavy (non-hydrogen) atoms. The fraction of sp³-hybridized carbons (Fsp3) is 0.821. The molecule has 0 aliphatic rings. The maximum Gasteiger partial charge on any atom is 0.220 e. The largest absolute Gasteiger partial charge is 0.399 e. The quantitative estimate of drug-likeness (QED) is 0.0342. The van der Waals surface area contributed by atoms with E-state index in [1.54, 1.807) is 12.2 Å². The number of nitrogens with zero attached hydrogens (tertiary/aromatic N) is 2. The highest BCUT2D eigenvalue weighted by Gasteiger charge is 2.25. The van der Waals surface area contributed by atoms with E-state index < -0.39 is 18.6 Å². The molecular formula is C39H82N4O7. The first kappa shape index (κ1) is 54.9. The van der Waals surface area contributed by atoms with Gasteiger partial charge in [-0.05, 0) is 69.7 Å². The maximum absolute atomic E-state index is 12.3. The molecule has 0 aromatic carbocycles. The van der Waals surface area contributed by atoms with Crippen LogP contribution >= 0.6 is 0 Å². The van der Waals surface area contributed by atoms with Crippen LogP contribution in [0.3, 0.4) is 0 Å². The highest BCUT2D eigenvalue weighted by atomic mass is 16.5. The summed E-state index contributed by atoms with van der Waals surface area (Å²) in [5, 5.41) is 57.3. The summed E-state index contributed by atoms with van der Waals surface area (Å²) in [6, 6.07) is -0.593. The van der Waals surface area contributed by atoms with Crippen molar-refractivity contribution in [1.29, 1.82) is 0 Å². The summed E-state index contributed by atoms with van der Waals surface area (Å²) in [4.78, 5) is 16.2. The van der Waals surface area contributed by atoms with Crippen molar-refractivity contribution >= 4 is 5.91 Å². The number of aliphatic hydroxyl groups is 6. The lowest BCUT2D eigenvalue weighted by atomic mass is 10.0. The third-order valence-electron chi connectivity index (χ3n) is 7.76. The summed E-state index contributed by atoms with van der Waals surface area (Å²) in [6.07, 6.45) is 14.4. The molecule has 1 unspecified atom stereocenters. The average molecular weight is 719 g/mol. The lowest BCUT2D eigenvalue weighted by Gasteiger charge is -2.34. The Morgan fingerprint density at radius 3 is 1.80 bits per heavy atom. The molecule has 0 rings (SSSR count). The molecule has 2 atom stereocenters. The van der Waals surface area contributed by atoms with Crippen molar-refractivity contribution in [1.82, 2.24) is 15.1 Å². The smallest absolute Gasteiger partial charge is 0.220 e. The first-order valence-corrected chi connectivity index (χ1v) is 19.2. The maximum atomic E-state index is 12.3. The van der Waals surface area contributed by atoms with Crippen LogP contribution in [0.4, 0.5) is 0 Å². The SMILES string of the molecule is C=C(N)/C=C\C(=C/C)CNC(=O)CCC(C(O)O)N(CCC)CCN(CCC)CC(O)O.CCCCC[C@H](C)CC.CCCCO.CCCO. The summed E-state index contributed by atoms with van der Waals surface area (Å²) in [6.45, 7) is 23.9. The van der Waals surface area contributed by atoms with Gasteiger partial charge >= 0.3 is 0 Å². The molecule has 0 spiro atoms. The number of nitrogens with two attached hydrogens (primary N) is 1. The van der Waals surface area contributed by atoms with Crippen LogP contribution in [0.5, 0.6) is 0 Å². The van der Waals surface area contributed by atoms with Crippen molar-refractivity contribution in [3.05, 3.63) is 36.1 Å². The predicted octanol–water partition coefficient (Wildman–Crippen LogP) is 5.05. The molecular weight excluding hydrogens is 636 g/mol. The zero-order valence-electron chi connectivity index (χ0n) is 33.5. The van der Waals surface area contributed by atoms with Crippen LogP contribution in [0.1, 0.15) is 132 Å². The van der Waals surface area contributed by atoms with Crippen molar-refractivity contribution in [2.75, 3.05) is 52.5 Å². The molecule has 11 nitrogen and oxygen atoms in total. The second kappa shape index (κ2) is 41.6. The second-order valence-electron chi connectivity index (χ2n) is 12.7. The lowest BCUT2D eigenvalue weighted by molar-refractivity contribution is -0.124. The van der Waals surface area contributed by atoms with Gasteiger partial charge in [-0.2, -0.15) is 0 Å². The van der Waals surface area contributed by atoms with Gasteiger partial charge in [-0.1, -0.05) is 106 Å². The van der Waals surface area contributed by atoms with E-state index in [1.165, 1.54) is 32.1 Å². The zero-order valence-corrected chi connectivity index (χ0v) is 33.5. The molecule has 0 fully saturated rings.